The van der Waals surface area contributed by atoms with Crippen LogP contribution < -0.4 is 23.8 Å². The van der Waals surface area contributed by atoms with Gasteiger partial charge in [0.25, 0.3) is 5.91 Å². The minimum atomic E-state index is -0.0789. The number of rotatable bonds is 8. The van der Waals surface area contributed by atoms with E-state index < -0.39 is 0 Å². The molecule has 9 heteroatoms. The summed E-state index contributed by atoms with van der Waals surface area (Å²) in [6.45, 7) is 7.01. The number of methoxy groups -OCH3 is 3. The lowest BCUT2D eigenvalue weighted by molar-refractivity contribution is 0.0745. The summed E-state index contributed by atoms with van der Waals surface area (Å²) in [5, 5.41) is 0. The van der Waals surface area contributed by atoms with Crippen LogP contribution in [0.15, 0.2) is 18.2 Å². The van der Waals surface area contributed by atoms with Crippen molar-refractivity contribution >= 4 is 11.7 Å². The number of nitrogens with zero attached hydrogens (tertiary/aromatic N) is 4. The van der Waals surface area contributed by atoms with Crippen LogP contribution in [-0.4, -0.2) is 74.9 Å². The third kappa shape index (κ3) is 5.10. The van der Waals surface area contributed by atoms with Gasteiger partial charge in [0.2, 0.25) is 11.6 Å². The molecule has 1 aliphatic heterocycles. The summed E-state index contributed by atoms with van der Waals surface area (Å²) >= 11 is 0. The van der Waals surface area contributed by atoms with Gasteiger partial charge in [-0.15, -0.1) is 0 Å². The van der Waals surface area contributed by atoms with Gasteiger partial charge in [0, 0.05) is 37.8 Å². The van der Waals surface area contributed by atoms with Crippen LogP contribution >= 0.6 is 0 Å². The Balaban J connectivity index is 1.71. The second-order valence-corrected chi connectivity index (χ2v) is 7.15. The van der Waals surface area contributed by atoms with E-state index in [-0.39, 0.29) is 5.91 Å². The summed E-state index contributed by atoms with van der Waals surface area (Å²) in [5.41, 5.74) is 0.496. The minimum absolute atomic E-state index is 0.0789. The van der Waals surface area contributed by atoms with Gasteiger partial charge in [0.05, 0.1) is 27.9 Å². The largest absolute Gasteiger partial charge is 0.493 e. The van der Waals surface area contributed by atoms with Gasteiger partial charge in [-0.05, 0) is 25.5 Å². The molecule has 2 heterocycles. The van der Waals surface area contributed by atoms with E-state index in [4.69, 9.17) is 18.9 Å². The molecule has 2 aromatic rings. The van der Waals surface area contributed by atoms with Crippen LogP contribution in [0.5, 0.6) is 23.1 Å². The number of carbonyl (C=O) groups is 1. The van der Waals surface area contributed by atoms with Gasteiger partial charge < -0.3 is 28.7 Å². The fourth-order valence-electron chi connectivity index (χ4n) is 3.49. The maximum atomic E-state index is 13.1. The second-order valence-electron chi connectivity index (χ2n) is 7.15. The van der Waals surface area contributed by atoms with Crippen molar-refractivity contribution in [1.82, 2.24) is 14.9 Å². The highest BCUT2D eigenvalue weighted by atomic mass is 16.5. The molecule has 31 heavy (non-hydrogen) atoms. The second kappa shape index (κ2) is 10.2. The Morgan fingerprint density at radius 1 is 0.968 bits per heavy atom. The Morgan fingerprint density at radius 2 is 1.61 bits per heavy atom. The molecule has 0 radical (unpaired) electrons. The minimum Gasteiger partial charge on any atom is -0.493 e. The van der Waals surface area contributed by atoms with Crippen LogP contribution in [0.25, 0.3) is 0 Å². The Hall–Kier alpha value is -3.23. The number of aromatic nitrogens is 2. The SMILES string of the molecule is CCCOc1cc(N2CCN(C(=O)c3cc(OC)c(OC)c(OC)c3)CC2)nc(C)n1. The Labute approximate surface area is 182 Å². The highest BCUT2D eigenvalue weighted by molar-refractivity contribution is 5.95. The number of aryl methyl sites for hydroxylation is 1. The van der Waals surface area contributed by atoms with Crippen molar-refractivity contribution in [2.45, 2.75) is 20.3 Å². The number of benzene rings is 1. The topological polar surface area (TPSA) is 86.3 Å². The van der Waals surface area contributed by atoms with E-state index in [1.54, 1.807) is 12.1 Å². The van der Waals surface area contributed by atoms with Crippen molar-refractivity contribution in [2.75, 3.05) is 59.0 Å². The molecule has 9 nitrogen and oxygen atoms in total. The maximum absolute atomic E-state index is 13.1. The molecule has 0 N–H and O–H groups in total. The van der Waals surface area contributed by atoms with Crippen LogP contribution in [0.1, 0.15) is 29.5 Å². The van der Waals surface area contributed by atoms with E-state index in [0.717, 1.165) is 12.2 Å². The molecule has 168 valence electrons. The monoisotopic (exact) mass is 430 g/mol. The standard InChI is InChI=1S/C22H30N4O5/c1-6-11-31-20-14-19(23-15(2)24-20)25-7-9-26(10-8-25)22(27)16-12-17(28-3)21(30-5)18(13-16)29-4/h12-14H,6-11H2,1-5H3. The maximum Gasteiger partial charge on any atom is 0.254 e. The third-order valence-corrected chi connectivity index (χ3v) is 5.06. The first-order valence-corrected chi connectivity index (χ1v) is 10.3. The van der Waals surface area contributed by atoms with Crippen LogP contribution in [0, 0.1) is 6.92 Å². The number of anilines is 1. The molecule has 1 fully saturated rings. The van der Waals surface area contributed by atoms with Crippen molar-refractivity contribution in [2.24, 2.45) is 0 Å². The van der Waals surface area contributed by atoms with E-state index in [0.29, 0.717) is 67.3 Å². The van der Waals surface area contributed by atoms with E-state index in [1.165, 1.54) is 21.3 Å². The Bertz CT molecular complexity index is 888. The number of piperazine rings is 1. The molecule has 1 saturated heterocycles. The van der Waals surface area contributed by atoms with Gasteiger partial charge in [-0.3, -0.25) is 4.79 Å². The van der Waals surface area contributed by atoms with Crippen LogP contribution in [0.2, 0.25) is 0 Å². The summed E-state index contributed by atoms with van der Waals surface area (Å²) in [4.78, 5) is 26.0. The highest BCUT2D eigenvalue weighted by Crippen LogP contribution is 2.38. The number of hydrogen-bond donors (Lipinski definition) is 0. The molecule has 3 rings (SSSR count). The number of hydrogen-bond acceptors (Lipinski definition) is 8. The Kier molecular flexibility index (Phi) is 7.38. The smallest absolute Gasteiger partial charge is 0.254 e. The quantitative estimate of drug-likeness (QED) is 0.632. The van der Waals surface area contributed by atoms with Gasteiger partial charge in [-0.1, -0.05) is 6.92 Å². The summed E-state index contributed by atoms with van der Waals surface area (Å²) < 4.78 is 21.8. The first kappa shape index (κ1) is 22.5. The van der Waals surface area contributed by atoms with Crippen LogP contribution in [0.3, 0.4) is 0 Å². The molecule has 0 aliphatic carbocycles. The normalized spacial score (nSPS) is 13.7. The average molecular weight is 431 g/mol. The van der Waals surface area contributed by atoms with Crippen LogP contribution in [-0.2, 0) is 0 Å². The number of carbonyl (C=O) groups excluding carboxylic acids is 1. The van der Waals surface area contributed by atoms with Gasteiger partial charge in [0.15, 0.2) is 11.5 Å². The fraction of sp³-hybridized carbons (Fsp3) is 0.500. The van der Waals surface area contributed by atoms with E-state index in [1.807, 2.05) is 17.9 Å². The number of ether oxygens (including phenoxy) is 4. The Morgan fingerprint density at radius 3 is 2.16 bits per heavy atom. The predicted octanol–water partition coefficient (Wildman–Crippen LogP) is 2.56. The van der Waals surface area contributed by atoms with E-state index in [2.05, 4.69) is 21.8 Å². The summed E-state index contributed by atoms with van der Waals surface area (Å²) in [6.07, 6.45) is 0.917. The summed E-state index contributed by atoms with van der Waals surface area (Å²) in [5.74, 6) is 3.37. The van der Waals surface area contributed by atoms with Crippen molar-refractivity contribution in [3.63, 3.8) is 0 Å². The third-order valence-electron chi connectivity index (χ3n) is 5.06. The van der Waals surface area contributed by atoms with Crippen LogP contribution in [0.4, 0.5) is 5.82 Å². The molecule has 0 unspecified atom stereocenters. The zero-order chi connectivity index (χ0) is 22.4. The first-order chi connectivity index (χ1) is 15.0. The molecule has 1 aromatic carbocycles. The van der Waals surface area contributed by atoms with Crippen molar-refractivity contribution in [1.29, 1.82) is 0 Å². The lowest BCUT2D eigenvalue weighted by Gasteiger charge is -2.35. The van der Waals surface area contributed by atoms with Gasteiger partial charge >= 0.3 is 0 Å². The molecule has 0 spiro atoms. The van der Waals surface area contributed by atoms with Crippen molar-refractivity contribution < 1.29 is 23.7 Å². The van der Waals surface area contributed by atoms with E-state index in [9.17, 15) is 4.79 Å². The molecular weight excluding hydrogens is 400 g/mol. The lowest BCUT2D eigenvalue weighted by atomic mass is 10.1. The number of amides is 1. The average Bonchev–Trinajstić information content (AvgIpc) is 2.80. The van der Waals surface area contributed by atoms with Crippen molar-refractivity contribution in [3.8, 4) is 23.1 Å². The highest BCUT2D eigenvalue weighted by Gasteiger charge is 2.25. The van der Waals surface area contributed by atoms with Crippen molar-refractivity contribution in [3.05, 3.63) is 29.6 Å². The summed E-state index contributed by atoms with van der Waals surface area (Å²) in [7, 11) is 4.60. The molecule has 0 bridgehead atoms. The fourth-order valence-corrected chi connectivity index (χ4v) is 3.49. The molecule has 1 aliphatic rings. The van der Waals surface area contributed by atoms with Gasteiger partial charge in [0.1, 0.15) is 11.6 Å². The first-order valence-electron chi connectivity index (χ1n) is 10.3. The molecule has 0 atom stereocenters. The van der Waals surface area contributed by atoms with Gasteiger partial charge in [-0.2, -0.15) is 4.98 Å². The zero-order valence-corrected chi connectivity index (χ0v) is 18.8. The molecule has 0 saturated carbocycles. The van der Waals surface area contributed by atoms with E-state index >= 15 is 0 Å². The van der Waals surface area contributed by atoms with Gasteiger partial charge in [-0.25, -0.2) is 4.98 Å². The predicted molar refractivity (Wildman–Crippen MR) is 117 cm³/mol. The molecule has 1 amide bonds. The zero-order valence-electron chi connectivity index (χ0n) is 18.8. The molecular formula is C22H30N4O5. The summed E-state index contributed by atoms with van der Waals surface area (Å²) in [6, 6.07) is 5.22. The molecule has 1 aromatic heterocycles. The lowest BCUT2D eigenvalue weighted by Crippen LogP contribution is -2.49.